The van der Waals surface area contributed by atoms with Crippen molar-refractivity contribution in [3.8, 4) is 0 Å². The van der Waals surface area contributed by atoms with Gasteiger partial charge >= 0.3 is 0 Å². The molecule has 3 nitrogen and oxygen atoms in total. The summed E-state index contributed by atoms with van der Waals surface area (Å²) in [4.78, 5) is 0. The summed E-state index contributed by atoms with van der Waals surface area (Å²) < 4.78 is 1.00. The van der Waals surface area contributed by atoms with Gasteiger partial charge in [-0.15, -0.1) is 0 Å². The Balaban J connectivity index is 2.36. The Hall–Kier alpha value is -1.36. The molecule has 0 saturated heterocycles. The minimum atomic E-state index is -0.00713. The molecule has 20 heavy (non-hydrogen) atoms. The first-order valence-electron chi connectivity index (χ1n) is 6.59. The first-order chi connectivity index (χ1) is 9.52. The van der Waals surface area contributed by atoms with Crippen molar-refractivity contribution in [2.75, 3.05) is 5.73 Å². The first kappa shape index (κ1) is 15.0. The van der Waals surface area contributed by atoms with Gasteiger partial charge in [0.25, 0.3) is 0 Å². The van der Waals surface area contributed by atoms with Crippen LogP contribution in [0.25, 0.3) is 0 Å². The van der Waals surface area contributed by atoms with Crippen molar-refractivity contribution in [1.82, 2.24) is 5.43 Å². The summed E-state index contributed by atoms with van der Waals surface area (Å²) in [6, 6.07) is 12.2. The lowest BCUT2D eigenvalue weighted by atomic mass is 9.92. The molecule has 5 N–H and O–H groups in total. The van der Waals surface area contributed by atoms with E-state index in [9.17, 15) is 0 Å². The molecule has 1 atom stereocenters. The molecule has 0 heterocycles. The number of rotatable bonds is 4. The molecule has 0 aromatic heterocycles. The Morgan fingerprint density at radius 1 is 1.15 bits per heavy atom. The maximum Gasteiger partial charge on any atom is 0.0521 e. The summed E-state index contributed by atoms with van der Waals surface area (Å²) in [5.41, 5.74) is 14.6. The van der Waals surface area contributed by atoms with Gasteiger partial charge < -0.3 is 5.73 Å². The highest BCUT2D eigenvalue weighted by Crippen LogP contribution is 2.28. The highest BCUT2D eigenvalue weighted by atomic mass is 79.9. The van der Waals surface area contributed by atoms with Crippen LogP contribution in [0.15, 0.2) is 40.9 Å². The van der Waals surface area contributed by atoms with Gasteiger partial charge in [0.15, 0.2) is 0 Å². The summed E-state index contributed by atoms with van der Waals surface area (Å²) in [6.45, 7) is 4.25. The third kappa shape index (κ3) is 3.20. The van der Waals surface area contributed by atoms with E-state index in [0.29, 0.717) is 0 Å². The number of nitrogens with one attached hydrogen (secondary N) is 1. The van der Waals surface area contributed by atoms with E-state index in [1.54, 1.807) is 0 Å². The summed E-state index contributed by atoms with van der Waals surface area (Å²) in [6.07, 6.45) is 0.815. The van der Waals surface area contributed by atoms with Gasteiger partial charge in [-0.1, -0.05) is 34.1 Å². The van der Waals surface area contributed by atoms with Gasteiger partial charge in [0.2, 0.25) is 0 Å². The molecule has 0 saturated carbocycles. The van der Waals surface area contributed by atoms with E-state index < -0.39 is 0 Å². The fourth-order valence-electron chi connectivity index (χ4n) is 2.48. The standard InChI is InChI=1S/C16H20BrN3/c1-10-4-3-5-11(2)13(10)9-16(20-19)14-8-12(17)6-7-15(14)18/h3-8,16,20H,9,18-19H2,1-2H3. The lowest BCUT2D eigenvalue weighted by molar-refractivity contribution is 0.551. The van der Waals surface area contributed by atoms with Crippen LogP contribution in [0.1, 0.15) is 28.3 Å². The molecule has 2 rings (SSSR count). The Bertz CT molecular complexity index is 590. The van der Waals surface area contributed by atoms with Gasteiger partial charge in [0.05, 0.1) is 6.04 Å². The van der Waals surface area contributed by atoms with Crippen LogP contribution in [0.3, 0.4) is 0 Å². The zero-order valence-corrected chi connectivity index (χ0v) is 13.4. The minimum absolute atomic E-state index is 0.00713. The average molecular weight is 334 g/mol. The number of hydrogen-bond acceptors (Lipinski definition) is 3. The Kier molecular flexibility index (Phi) is 4.81. The molecule has 1 unspecified atom stereocenters. The van der Waals surface area contributed by atoms with Crippen LogP contribution in [0.5, 0.6) is 0 Å². The van der Waals surface area contributed by atoms with Crippen molar-refractivity contribution in [3.05, 3.63) is 63.1 Å². The van der Waals surface area contributed by atoms with Crippen molar-refractivity contribution < 1.29 is 0 Å². The van der Waals surface area contributed by atoms with Crippen LogP contribution >= 0.6 is 15.9 Å². The smallest absolute Gasteiger partial charge is 0.0521 e. The third-order valence-electron chi connectivity index (χ3n) is 3.68. The maximum absolute atomic E-state index is 6.08. The van der Waals surface area contributed by atoms with Crippen molar-refractivity contribution in [2.45, 2.75) is 26.3 Å². The van der Waals surface area contributed by atoms with Crippen molar-refractivity contribution in [1.29, 1.82) is 0 Å². The molecule has 0 amide bonds. The molecule has 0 radical (unpaired) electrons. The highest BCUT2D eigenvalue weighted by molar-refractivity contribution is 9.10. The third-order valence-corrected chi connectivity index (χ3v) is 4.17. The quantitative estimate of drug-likeness (QED) is 0.456. The molecule has 2 aromatic carbocycles. The van der Waals surface area contributed by atoms with Crippen LogP contribution in [0.4, 0.5) is 5.69 Å². The molecular formula is C16H20BrN3. The fourth-order valence-corrected chi connectivity index (χ4v) is 2.86. The second-order valence-electron chi connectivity index (χ2n) is 5.07. The number of nitrogens with two attached hydrogens (primary N) is 2. The van der Waals surface area contributed by atoms with Gasteiger partial charge in [0, 0.05) is 10.2 Å². The lowest BCUT2D eigenvalue weighted by Gasteiger charge is -2.21. The van der Waals surface area contributed by atoms with Crippen molar-refractivity contribution in [3.63, 3.8) is 0 Å². The predicted molar refractivity (Wildman–Crippen MR) is 88.2 cm³/mol. The molecule has 0 aliphatic heterocycles. The van der Waals surface area contributed by atoms with E-state index >= 15 is 0 Å². The highest BCUT2D eigenvalue weighted by Gasteiger charge is 2.16. The predicted octanol–water partition coefficient (Wildman–Crippen LogP) is 3.40. The van der Waals surface area contributed by atoms with Crippen LogP contribution in [-0.2, 0) is 6.42 Å². The van der Waals surface area contributed by atoms with Crippen LogP contribution in [-0.4, -0.2) is 0 Å². The number of benzene rings is 2. The van der Waals surface area contributed by atoms with Crippen LogP contribution in [0, 0.1) is 13.8 Å². The average Bonchev–Trinajstić information content (AvgIpc) is 2.42. The number of aryl methyl sites for hydroxylation is 2. The van der Waals surface area contributed by atoms with Crippen LogP contribution in [0.2, 0.25) is 0 Å². The molecular weight excluding hydrogens is 314 g/mol. The minimum Gasteiger partial charge on any atom is -0.398 e. The molecule has 0 spiro atoms. The molecule has 0 bridgehead atoms. The second kappa shape index (κ2) is 6.39. The lowest BCUT2D eigenvalue weighted by Crippen LogP contribution is -2.30. The van der Waals surface area contributed by atoms with Gasteiger partial charge in [-0.25, -0.2) is 0 Å². The zero-order chi connectivity index (χ0) is 14.7. The molecule has 0 fully saturated rings. The molecule has 2 aromatic rings. The summed E-state index contributed by atoms with van der Waals surface area (Å²) >= 11 is 3.48. The number of halogens is 1. The Morgan fingerprint density at radius 3 is 2.40 bits per heavy atom. The fraction of sp³-hybridized carbons (Fsp3) is 0.250. The Morgan fingerprint density at radius 2 is 1.80 bits per heavy atom. The second-order valence-corrected chi connectivity index (χ2v) is 5.98. The first-order valence-corrected chi connectivity index (χ1v) is 7.38. The largest absolute Gasteiger partial charge is 0.398 e. The van der Waals surface area contributed by atoms with E-state index in [1.807, 2.05) is 18.2 Å². The topological polar surface area (TPSA) is 64.1 Å². The van der Waals surface area contributed by atoms with E-state index in [0.717, 1.165) is 22.1 Å². The zero-order valence-electron chi connectivity index (χ0n) is 11.8. The SMILES string of the molecule is Cc1cccc(C)c1CC(NN)c1cc(Br)ccc1N. The number of hydrogen-bond donors (Lipinski definition) is 3. The van der Waals surface area contributed by atoms with E-state index in [1.165, 1.54) is 16.7 Å². The molecule has 4 heteroatoms. The number of nitrogen functional groups attached to an aromatic ring is 1. The summed E-state index contributed by atoms with van der Waals surface area (Å²) in [5.74, 6) is 5.75. The normalized spacial score (nSPS) is 12.4. The van der Waals surface area contributed by atoms with Crippen molar-refractivity contribution >= 4 is 21.6 Å². The van der Waals surface area contributed by atoms with Gasteiger partial charge in [-0.05, 0) is 60.7 Å². The summed E-state index contributed by atoms with van der Waals surface area (Å²) in [7, 11) is 0. The van der Waals surface area contributed by atoms with E-state index in [-0.39, 0.29) is 6.04 Å². The maximum atomic E-state index is 6.08. The monoisotopic (exact) mass is 333 g/mol. The van der Waals surface area contributed by atoms with Gasteiger partial charge in [0.1, 0.15) is 0 Å². The number of hydrazine groups is 1. The summed E-state index contributed by atoms with van der Waals surface area (Å²) in [5, 5.41) is 0. The van der Waals surface area contributed by atoms with Crippen LogP contribution < -0.4 is 17.0 Å². The molecule has 0 aliphatic carbocycles. The molecule has 0 aliphatic rings. The number of anilines is 1. The molecule has 106 valence electrons. The van der Waals surface area contributed by atoms with Crippen molar-refractivity contribution in [2.24, 2.45) is 5.84 Å². The van der Waals surface area contributed by atoms with E-state index in [2.05, 4.69) is 53.4 Å². The van der Waals surface area contributed by atoms with Gasteiger partial charge in [-0.2, -0.15) is 0 Å². The van der Waals surface area contributed by atoms with E-state index in [4.69, 9.17) is 11.6 Å². The van der Waals surface area contributed by atoms with Gasteiger partial charge in [-0.3, -0.25) is 11.3 Å². The Labute approximate surface area is 128 Å².